The second kappa shape index (κ2) is 7.17. The summed E-state index contributed by atoms with van der Waals surface area (Å²) >= 11 is 5.79. The number of carbonyl (C=O) groups is 1. The molecule has 0 heterocycles. The third-order valence-electron chi connectivity index (χ3n) is 2.37. The third kappa shape index (κ3) is 4.65. The molecule has 0 unspecified atom stereocenters. The summed E-state index contributed by atoms with van der Waals surface area (Å²) in [5.41, 5.74) is 0.775. The highest BCUT2D eigenvalue weighted by molar-refractivity contribution is 6.30. The van der Waals surface area contributed by atoms with Gasteiger partial charge in [-0.2, -0.15) is 0 Å². The highest BCUT2D eigenvalue weighted by atomic mass is 35.5. The average molecular weight is 255 g/mol. The first-order valence-corrected chi connectivity index (χ1v) is 6.36. The standard InChI is InChI=1S/C13H19ClN2O/c1-3-9-16(10-4-2)13(17)15-12-7-5-11(14)6-8-12/h5-8H,3-4,9-10H2,1-2H3,(H,15,17). The second-order valence-electron chi connectivity index (χ2n) is 3.92. The van der Waals surface area contributed by atoms with Crippen LogP contribution < -0.4 is 5.32 Å². The van der Waals surface area contributed by atoms with Gasteiger partial charge in [0.05, 0.1) is 0 Å². The molecule has 1 rings (SSSR count). The van der Waals surface area contributed by atoms with Crippen molar-refractivity contribution in [1.82, 2.24) is 4.90 Å². The number of nitrogens with one attached hydrogen (secondary N) is 1. The summed E-state index contributed by atoms with van der Waals surface area (Å²) in [6, 6.07) is 7.09. The fraction of sp³-hybridized carbons (Fsp3) is 0.462. The van der Waals surface area contributed by atoms with Gasteiger partial charge in [0.1, 0.15) is 0 Å². The Kier molecular flexibility index (Phi) is 5.84. The third-order valence-corrected chi connectivity index (χ3v) is 2.62. The van der Waals surface area contributed by atoms with Crippen LogP contribution in [0.3, 0.4) is 0 Å². The second-order valence-corrected chi connectivity index (χ2v) is 4.36. The van der Waals surface area contributed by atoms with Crippen LogP contribution in [0.1, 0.15) is 26.7 Å². The summed E-state index contributed by atoms with van der Waals surface area (Å²) < 4.78 is 0. The Morgan fingerprint density at radius 2 is 1.71 bits per heavy atom. The lowest BCUT2D eigenvalue weighted by Crippen LogP contribution is -2.36. The van der Waals surface area contributed by atoms with Crippen molar-refractivity contribution in [3.05, 3.63) is 29.3 Å². The number of anilines is 1. The fourth-order valence-corrected chi connectivity index (χ4v) is 1.72. The number of benzene rings is 1. The number of carbonyl (C=O) groups excluding carboxylic acids is 1. The van der Waals surface area contributed by atoms with Gasteiger partial charge in [0.15, 0.2) is 0 Å². The highest BCUT2D eigenvalue weighted by Gasteiger charge is 2.11. The lowest BCUT2D eigenvalue weighted by atomic mass is 10.3. The highest BCUT2D eigenvalue weighted by Crippen LogP contribution is 2.14. The molecule has 0 saturated carbocycles. The molecule has 4 heteroatoms. The normalized spacial score (nSPS) is 10.1. The molecule has 0 atom stereocenters. The van der Waals surface area contributed by atoms with Crippen molar-refractivity contribution in [2.75, 3.05) is 18.4 Å². The summed E-state index contributed by atoms with van der Waals surface area (Å²) in [4.78, 5) is 13.8. The molecule has 0 aliphatic carbocycles. The largest absolute Gasteiger partial charge is 0.325 e. The first kappa shape index (κ1) is 13.8. The van der Waals surface area contributed by atoms with E-state index < -0.39 is 0 Å². The Hall–Kier alpha value is -1.22. The van der Waals surface area contributed by atoms with Gasteiger partial charge in [-0.1, -0.05) is 25.4 Å². The lowest BCUT2D eigenvalue weighted by molar-refractivity contribution is 0.211. The Morgan fingerprint density at radius 3 is 2.18 bits per heavy atom. The van der Waals surface area contributed by atoms with Gasteiger partial charge in [0.25, 0.3) is 0 Å². The predicted molar refractivity (Wildman–Crippen MR) is 72.6 cm³/mol. The number of hydrogen-bond donors (Lipinski definition) is 1. The van der Waals surface area contributed by atoms with Crippen LogP contribution in [0.15, 0.2) is 24.3 Å². The lowest BCUT2D eigenvalue weighted by Gasteiger charge is -2.21. The van der Waals surface area contributed by atoms with E-state index in [1.807, 2.05) is 4.90 Å². The molecule has 1 aromatic carbocycles. The van der Waals surface area contributed by atoms with Gasteiger partial charge in [0, 0.05) is 23.8 Å². The Morgan fingerprint density at radius 1 is 1.18 bits per heavy atom. The van der Waals surface area contributed by atoms with Crippen molar-refractivity contribution < 1.29 is 4.79 Å². The van der Waals surface area contributed by atoms with E-state index in [2.05, 4.69) is 19.2 Å². The average Bonchev–Trinajstić information content (AvgIpc) is 2.32. The van der Waals surface area contributed by atoms with Crippen LogP contribution in [0.4, 0.5) is 10.5 Å². The first-order valence-electron chi connectivity index (χ1n) is 5.98. The fourth-order valence-electron chi connectivity index (χ4n) is 1.59. The van der Waals surface area contributed by atoms with Crippen LogP contribution in [0.25, 0.3) is 0 Å². The Labute approximate surface area is 108 Å². The van der Waals surface area contributed by atoms with E-state index in [0.717, 1.165) is 31.6 Å². The predicted octanol–water partition coefficient (Wildman–Crippen LogP) is 3.99. The number of halogens is 1. The molecule has 0 spiro atoms. The number of hydrogen-bond acceptors (Lipinski definition) is 1. The molecule has 3 nitrogen and oxygen atoms in total. The van der Waals surface area contributed by atoms with Crippen LogP contribution in [0, 0.1) is 0 Å². The molecule has 0 fully saturated rings. The van der Waals surface area contributed by atoms with Crippen molar-refractivity contribution in [2.45, 2.75) is 26.7 Å². The van der Waals surface area contributed by atoms with E-state index in [4.69, 9.17) is 11.6 Å². The van der Waals surface area contributed by atoms with E-state index in [1.54, 1.807) is 24.3 Å². The van der Waals surface area contributed by atoms with E-state index in [-0.39, 0.29) is 6.03 Å². The molecule has 0 aliphatic heterocycles. The quantitative estimate of drug-likeness (QED) is 0.847. The van der Waals surface area contributed by atoms with Gasteiger partial charge >= 0.3 is 6.03 Å². The maximum absolute atomic E-state index is 12.0. The maximum atomic E-state index is 12.0. The van der Waals surface area contributed by atoms with Crippen molar-refractivity contribution in [3.63, 3.8) is 0 Å². The minimum atomic E-state index is -0.0453. The summed E-state index contributed by atoms with van der Waals surface area (Å²) in [7, 11) is 0. The molecule has 1 N–H and O–H groups in total. The zero-order valence-corrected chi connectivity index (χ0v) is 11.1. The topological polar surface area (TPSA) is 32.3 Å². The van der Waals surface area contributed by atoms with Gasteiger partial charge in [0.2, 0.25) is 0 Å². The molecule has 94 valence electrons. The smallest absolute Gasteiger partial charge is 0.321 e. The van der Waals surface area contributed by atoms with Gasteiger partial charge in [-0.3, -0.25) is 0 Å². The van der Waals surface area contributed by atoms with E-state index in [0.29, 0.717) is 5.02 Å². The minimum Gasteiger partial charge on any atom is -0.325 e. The molecular weight excluding hydrogens is 236 g/mol. The molecule has 2 amide bonds. The SMILES string of the molecule is CCCN(CCC)C(=O)Nc1ccc(Cl)cc1. The Bertz CT molecular complexity index is 345. The number of urea groups is 1. The first-order chi connectivity index (χ1) is 8.17. The number of nitrogens with zero attached hydrogens (tertiary/aromatic N) is 1. The van der Waals surface area contributed by atoms with Gasteiger partial charge in [-0.25, -0.2) is 4.79 Å². The molecule has 17 heavy (non-hydrogen) atoms. The van der Waals surface area contributed by atoms with Crippen LogP contribution >= 0.6 is 11.6 Å². The number of amides is 2. The zero-order chi connectivity index (χ0) is 12.7. The van der Waals surface area contributed by atoms with E-state index in [9.17, 15) is 4.79 Å². The van der Waals surface area contributed by atoms with Gasteiger partial charge in [-0.15, -0.1) is 0 Å². The van der Waals surface area contributed by atoms with E-state index >= 15 is 0 Å². The van der Waals surface area contributed by atoms with Gasteiger partial charge < -0.3 is 10.2 Å². The van der Waals surface area contributed by atoms with Crippen LogP contribution in [-0.2, 0) is 0 Å². The molecule has 0 aliphatic rings. The summed E-state index contributed by atoms with van der Waals surface area (Å²) in [5, 5.41) is 3.54. The van der Waals surface area contributed by atoms with Crippen molar-refractivity contribution in [2.24, 2.45) is 0 Å². The molecular formula is C13H19ClN2O. The summed E-state index contributed by atoms with van der Waals surface area (Å²) in [6.45, 7) is 5.71. The van der Waals surface area contributed by atoms with Crippen molar-refractivity contribution in [1.29, 1.82) is 0 Å². The number of rotatable bonds is 5. The van der Waals surface area contributed by atoms with Gasteiger partial charge in [-0.05, 0) is 37.1 Å². The minimum absolute atomic E-state index is 0.0453. The molecule has 1 aromatic rings. The summed E-state index contributed by atoms with van der Waals surface area (Å²) in [6.07, 6.45) is 1.93. The molecule has 0 aromatic heterocycles. The van der Waals surface area contributed by atoms with Crippen LogP contribution in [-0.4, -0.2) is 24.0 Å². The molecule has 0 radical (unpaired) electrons. The Balaban J connectivity index is 2.59. The maximum Gasteiger partial charge on any atom is 0.321 e. The monoisotopic (exact) mass is 254 g/mol. The zero-order valence-electron chi connectivity index (χ0n) is 10.4. The van der Waals surface area contributed by atoms with E-state index in [1.165, 1.54) is 0 Å². The van der Waals surface area contributed by atoms with Crippen LogP contribution in [0.2, 0.25) is 5.02 Å². The molecule has 0 bridgehead atoms. The van der Waals surface area contributed by atoms with Crippen molar-refractivity contribution in [3.8, 4) is 0 Å². The summed E-state index contributed by atoms with van der Waals surface area (Å²) in [5.74, 6) is 0. The van der Waals surface area contributed by atoms with Crippen molar-refractivity contribution >= 4 is 23.3 Å². The van der Waals surface area contributed by atoms with Crippen LogP contribution in [0.5, 0.6) is 0 Å². The molecule has 0 saturated heterocycles.